The Bertz CT molecular complexity index is 498. The summed E-state index contributed by atoms with van der Waals surface area (Å²) in [5.74, 6) is -0.964. The summed E-state index contributed by atoms with van der Waals surface area (Å²) >= 11 is 3.19. The summed E-state index contributed by atoms with van der Waals surface area (Å²) in [6.45, 7) is 1.25. The van der Waals surface area contributed by atoms with Crippen molar-refractivity contribution in [2.75, 3.05) is 24.7 Å². The van der Waals surface area contributed by atoms with Crippen molar-refractivity contribution in [3.05, 3.63) is 28.0 Å². The van der Waals surface area contributed by atoms with E-state index in [1.807, 2.05) is 0 Å². The lowest BCUT2D eigenvalue weighted by molar-refractivity contribution is -0.121. The Labute approximate surface area is 118 Å². The van der Waals surface area contributed by atoms with Gasteiger partial charge in [-0.1, -0.05) is 6.07 Å². The molecule has 0 bridgehead atoms. The van der Waals surface area contributed by atoms with Gasteiger partial charge in [0.15, 0.2) is 5.82 Å². The van der Waals surface area contributed by atoms with Crippen molar-refractivity contribution >= 4 is 27.5 Å². The number of anilines is 1. The molecule has 4 N–H and O–H groups in total. The zero-order valence-corrected chi connectivity index (χ0v) is 11.8. The number of carbonyl (C=O) groups excluding carboxylic acids is 1. The Morgan fingerprint density at radius 3 is 2.95 bits per heavy atom. The number of morpholine rings is 1. The highest BCUT2D eigenvalue weighted by molar-refractivity contribution is 9.10. The summed E-state index contributed by atoms with van der Waals surface area (Å²) in [7, 11) is 0. The molecule has 1 amide bonds. The van der Waals surface area contributed by atoms with Gasteiger partial charge in [-0.2, -0.15) is 0 Å². The van der Waals surface area contributed by atoms with Crippen molar-refractivity contribution in [3.8, 4) is 0 Å². The molecule has 1 fully saturated rings. The fourth-order valence-electron chi connectivity index (χ4n) is 2.09. The highest BCUT2D eigenvalue weighted by Gasteiger charge is 2.30. The van der Waals surface area contributed by atoms with Crippen LogP contribution in [0.4, 0.5) is 10.1 Å². The summed E-state index contributed by atoms with van der Waals surface area (Å²) in [5, 5.41) is 0. The molecule has 1 aromatic carbocycles. The summed E-state index contributed by atoms with van der Waals surface area (Å²) in [5.41, 5.74) is 11.8. The van der Waals surface area contributed by atoms with Crippen molar-refractivity contribution in [2.45, 2.75) is 12.6 Å². The second-order valence-electron chi connectivity index (χ2n) is 4.26. The molecule has 0 aromatic heterocycles. The van der Waals surface area contributed by atoms with Gasteiger partial charge in [-0.05, 0) is 27.6 Å². The first-order chi connectivity index (χ1) is 9.06. The Hall–Kier alpha value is -1.18. The summed E-state index contributed by atoms with van der Waals surface area (Å²) < 4.78 is 19.9. The second kappa shape index (κ2) is 5.85. The van der Waals surface area contributed by atoms with E-state index >= 15 is 0 Å². The first-order valence-corrected chi connectivity index (χ1v) is 6.66. The Balaban J connectivity index is 2.39. The van der Waals surface area contributed by atoms with E-state index < -0.39 is 17.8 Å². The van der Waals surface area contributed by atoms with E-state index in [0.717, 1.165) is 0 Å². The number of amides is 1. The molecule has 0 saturated carbocycles. The number of halogens is 2. The first kappa shape index (κ1) is 14.2. The number of primary amides is 1. The maximum absolute atomic E-state index is 14.3. The van der Waals surface area contributed by atoms with E-state index in [-0.39, 0.29) is 13.2 Å². The van der Waals surface area contributed by atoms with Crippen LogP contribution in [0.2, 0.25) is 0 Å². The van der Waals surface area contributed by atoms with E-state index in [1.54, 1.807) is 17.0 Å². The SMILES string of the molecule is NCc1ccc(N2CCOCC2C(N)=O)c(F)c1Br. The number of carbonyl (C=O) groups is 1. The van der Waals surface area contributed by atoms with Gasteiger partial charge < -0.3 is 21.1 Å². The number of rotatable bonds is 3. The van der Waals surface area contributed by atoms with Crippen molar-refractivity contribution in [1.29, 1.82) is 0 Å². The zero-order chi connectivity index (χ0) is 14.0. The molecule has 5 nitrogen and oxygen atoms in total. The molecule has 1 aliphatic rings. The van der Waals surface area contributed by atoms with Crippen LogP contribution in [0, 0.1) is 5.82 Å². The van der Waals surface area contributed by atoms with Crippen molar-refractivity contribution in [3.63, 3.8) is 0 Å². The minimum Gasteiger partial charge on any atom is -0.377 e. The third-order valence-corrected chi connectivity index (χ3v) is 3.99. The van der Waals surface area contributed by atoms with Crippen molar-refractivity contribution < 1.29 is 13.9 Å². The molecule has 1 aliphatic heterocycles. The van der Waals surface area contributed by atoms with Gasteiger partial charge in [-0.15, -0.1) is 0 Å². The zero-order valence-electron chi connectivity index (χ0n) is 10.2. The Morgan fingerprint density at radius 2 is 2.32 bits per heavy atom. The third-order valence-electron chi connectivity index (χ3n) is 3.13. The average molecular weight is 332 g/mol. The van der Waals surface area contributed by atoms with Gasteiger partial charge in [-0.3, -0.25) is 4.79 Å². The van der Waals surface area contributed by atoms with Crippen molar-refractivity contribution in [2.24, 2.45) is 11.5 Å². The average Bonchev–Trinajstić information content (AvgIpc) is 2.42. The van der Waals surface area contributed by atoms with Crippen molar-refractivity contribution in [1.82, 2.24) is 0 Å². The normalized spacial score (nSPS) is 19.5. The number of nitrogens with two attached hydrogens (primary N) is 2. The van der Waals surface area contributed by atoms with E-state index in [4.69, 9.17) is 16.2 Å². The minimum atomic E-state index is -0.654. The largest absolute Gasteiger partial charge is 0.377 e. The standard InChI is InChI=1S/C12H15BrFN3O2/c13-10-7(5-15)1-2-8(11(10)14)17-3-4-19-6-9(17)12(16)18/h1-2,9H,3-6,15H2,(H2,16,18). The number of nitrogens with zero attached hydrogens (tertiary/aromatic N) is 1. The smallest absolute Gasteiger partial charge is 0.242 e. The van der Waals surface area contributed by atoms with Crippen LogP contribution < -0.4 is 16.4 Å². The first-order valence-electron chi connectivity index (χ1n) is 5.87. The van der Waals surface area contributed by atoms with Crippen LogP contribution in [0.15, 0.2) is 16.6 Å². The Kier molecular flexibility index (Phi) is 4.38. The molecule has 1 unspecified atom stereocenters. The molecule has 1 atom stereocenters. The molecule has 0 aliphatic carbocycles. The monoisotopic (exact) mass is 331 g/mol. The molecular formula is C12H15BrFN3O2. The molecular weight excluding hydrogens is 317 g/mol. The summed E-state index contributed by atoms with van der Waals surface area (Å²) in [6.07, 6.45) is 0. The lowest BCUT2D eigenvalue weighted by Gasteiger charge is -2.35. The third kappa shape index (κ3) is 2.72. The maximum atomic E-state index is 14.3. The number of hydrogen-bond acceptors (Lipinski definition) is 4. The molecule has 0 radical (unpaired) electrons. The fourth-order valence-corrected chi connectivity index (χ4v) is 2.58. The lowest BCUT2D eigenvalue weighted by Crippen LogP contribution is -2.53. The van der Waals surface area contributed by atoms with Gasteiger partial charge in [0.1, 0.15) is 6.04 Å². The molecule has 104 valence electrons. The molecule has 7 heteroatoms. The number of ether oxygens (including phenoxy) is 1. The van der Waals surface area contributed by atoms with Crippen LogP contribution in [-0.4, -0.2) is 31.7 Å². The van der Waals surface area contributed by atoms with E-state index in [0.29, 0.717) is 28.9 Å². The second-order valence-corrected chi connectivity index (χ2v) is 5.06. The van der Waals surface area contributed by atoms with Crippen LogP contribution in [0.5, 0.6) is 0 Å². The topological polar surface area (TPSA) is 81.6 Å². The van der Waals surface area contributed by atoms with Crippen LogP contribution in [0.1, 0.15) is 5.56 Å². The maximum Gasteiger partial charge on any atom is 0.242 e. The van der Waals surface area contributed by atoms with Gasteiger partial charge in [0.05, 0.1) is 23.4 Å². The fraction of sp³-hybridized carbons (Fsp3) is 0.417. The molecule has 1 heterocycles. The summed E-state index contributed by atoms with van der Waals surface area (Å²) in [4.78, 5) is 13.0. The van der Waals surface area contributed by atoms with Gasteiger partial charge >= 0.3 is 0 Å². The molecule has 1 aromatic rings. The molecule has 2 rings (SSSR count). The minimum absolute atomic E-state index is 0.172. The van der Waals surface area contributed by atoms with E-state index in [9.17, 15) is 9.18 Å². The van der Waals surface area contributed by atoms with E-state index in [1.165, 1.54) is 0 Å². The highest BCUT2D eigenvalue weighted by atomic mass is 79.9. The predicted octanol–water partition coefficient (Wildman–Crippen LogP) is 0.737. The van der Waals surface area contributed by atoms with Crippen LogP contribution in [-0.2, 0) is 16.1 Å². The van der Waals surface area contributed by atoms with Gasteiger partial charge in [-0.25, -0.2) is 4.39 Å². The summed E-state index contributed by atoms with van der Waals surface area (Å²) in [6, 6.07) is 2.69. The van der Waals surface area contributed by atoms with Crippen LogP contribution in [0.3, 0.4) is 0 Å². The predicted molar refractivity (Wildman–Crippen MR) is 73.1 cm³/mol. The quantitative estimate of drug-likeness (QED) is 0.855. The van der Waals surface area contributed by atoms with Gasteiger partial charge in [0.2, 0.25) is 5.91 Å². The van der Waals surface area contributed by atoms with Gasteiger partial charge in [0, 0.05) is 13.1 Å². The number of benzene rings is 1. The molecule has 0 spiro atoms. The number of hydrogen-bond donors (Lipinski definition) is 2. The van der Waals surface area contributed by atoms with Gasteiger partial charge in [0.25, 0.3) is 0 Å². The molecule has 19 heavy (non-hydrogen) atoms. The highest BCUT2D eigenvalue weighted by Crippen LogP contribution is 2.31. The lowest BCUT2D eigenvalue weighted by atomic mass is 10.1. The molecule has 1 saturated heterocycles. The van der Waals surface area contributed by atoms with Crippen LogP contribution in [0.25, 0.3) is 0 Å². The van der Waals surface area contributed by atoms with Crippen LogP contribution >= 0.6 is 15.9 Å². The Morgan fingerprint density at radius 1 is 1.58 bits per heavy atom. The van der Waals surface area contributed by atoms with E-state index in [2.05, 4.69) is 15.9 Å².